The minimum absolute atomic E-state index is 0.146. The van der Waals surface area contributed by atoms with Crippen LogP contribution in [-0.2, 0) is 4.79 Å². The number of amides is 1. The van der Waals surface area contributed by atoms with Gasteiger partial charge in [0.15, 0.2) is 11.5 Å². The normalized spacial score (nSPS) is 10.5. The van der Waals surface area contributed by atoms with Gasteiger partial charge < -0.3 is 14.8 Å². The lowest BCUT2D eigenvalue weighted by Crippen LogP contribution is -2.14. The number of ether oxygens (including phenoxy) is 2. The van der Waals surface area contributed by atoms with Crippen LogP contribution >= 0.6 is 11.8 Å². The van der Waals surface area contributed by atoms with Crippen molar-refractivity contribution in [2.24, 2.45) is 0 Å². The highest BCUT2D eigenvalue weighted by atomic mass is 32.2. The number of para-hydroxylation sites is 1. The number of hydrogen-bond acceptors (Lipinski definition) is 6. The molecule has 0 aliphatic carbocycles. The van der Waals surface area contributed by atoms with Crippen LogP contribution in [0.1, 0.15) is 13.8 Å². The maximum absolute atomic E-state index is 12.3. The first kappa shape index (κ1) is 19.8. The SMILES string of the molecule is CCOc1ccc(NC(=O)CSc2ncn(-c3ccccc3)n2)cc1OCC. The maximum Gasteiger partial charge on any atom is 0.234 e. The summed E-state index contributed by atoms with van der Waals surface area (Å²) in [7, 11) is 0. The summed E-state index contributed by atoms with van der Waals surface area (Å²) in [4.78, 5) is 16.5. The Morgan fingerprint density at radius 1 is 1.07 bits per heavy atom. The van der Waals surface area contributed by atoms with Crippen molar-refractivity contribution in [2.75, 3.05) is 24.3 Å². The van der Waals surface area contributed by atoms with E-state index in [2.05, 4.69) is 15.4 Å². The van der Waals surface area contributed by atoms with E-state index in [9.17, 15) is 4.79 Å². The molecule has 0 unspecified atom stereocenters. The summed E-state index contributed by atoms with van der Waals surface area (Å²) in [5.41, 5.74) is 1.57. The van der Waals surface area contributed by atoms with Gasteiger partial charge in [-0.15, -0.1) is 5.10 Å². The molecule has 0 bridgehead atoms. The topological polar surface area (TPSA) is 78.3 Å². The van der Waals surface area contributed by atoms with E-state index in [1.165, 1.54) is 11.8 Å². The van der Waals surface area contributed by atoms with Crippen LogP contribution in [-0.4, -0.2) is 39.6 Å². The van der Waals surface area contributed by atoms with Crippen molar-refractivity contribution >= 4 is 23.4 Å². The lowest BCUT2D eigenvalue weighted by atomic mass is 10.2. The Hall–Kier alpha value is -3.00. The van der Waals surface area contributed by atoms with Gasteiger partial charge in [-0.05, 0) is 38.1 Å². The molecule has 0 spiro atoms. The zero-order chi connectivity index (χ0) is 19.8. The van der Waals surface area contributed by atoms with Crippen molar-refractivity contribution in [1.29, 1.82) is 0 Å². The molecule has 0 saturated heterocycles. The second-order valence-corrected chi connectivity index (χ2v) is 6.61. The Bertz CT molecular complexity index is 915. The Balaban J connectivity index is 1.57. The van der Waals surface area contributed by atoms with Gasteiger partial charge in [0.1, 0.15) is 6.33 Å². The van der Waals surface area contributed by atoms with E-state index in [4.69, 9.17) is 9.47 Å². The van der Waals surface area contributed by atoms with E-state index in [0.717, 1.165) is 5.69 Å². The van der Waals surface area contributed by atoms with Gasteiger partial charge in [0, 0.05) is 11.8 Å². The Morgan fingerprint density at radius 2 is 1.82 bits per heavy atom. The average molecular weight is 398 g/mol. The fraction of sp³-hybridized carbons (Fsp3) is 0.250. The van der Waals surface area contributed by atoms with Gasteiger partial charge in [-0.3, -0.25) is 4.79 Å². The molecule has 7 nitrogen and oxygen atoms in total. The van der Waals surface area contributed by atoms with E-state index >= 15 is 0 Å². The van der Waals surface area contributed by atoms with E-state index in [0.29, 0.717) is 35.6 Å². The zero-order valence-corrected chi connectivity index (χ0v) is 16.6. The van der Waals surface area contributed by atoms with Crippen molar-refractivity contribution < 1.29 is 14.3 Å². The summed E-state index contributed by atoms with van der Waals surface area (Å²) in [5.74, 6) is 1.33. The molecule has 1 aromatic heterocycles. The van der Waals surface area contributed by atoms with Gasteiger partial charge in [0.25, 0.3) is 0 Å². The molecule has 0 aliphatic rings. The molecule has 3 rings (SSSR count). The number of carbonyl (C=O) groups excluding carboxylic acids is 1. The van der Waals surface area contributed by atoms with Crippen LogP contribution in [0.15, 0.2) is 60.0 Å². The van der Waals surface area contributed by atoms with Crippen molar-refractivity contribution in [3.63, 3.8) is 0 Å². The Kier molecular flexibility index (Phi) is 6.91. The highest BCUT2D eigenvalue weighted by molar-refractivity contribution is 7.99. The molecular formula is C20H22N4O3S. The average Bonchev–Trinajstić information content (AvgIpc) is 3.19. The van der Waals surface area contributed by atoms with Gasteiger partial charge in [-0.25, -0.2) is 9.67 Å². The molecule has 28 heavy (non-hydrogen) atoms. The second kappa shape index (κ2) is 9.80. The fourth-order valence-corrected chi connectivity index (χ4v) is 3.07. The molecule has 1 amide bonds. The van der Waals surface area contributed by atoms with Gasteiger partial charge in [0.05, 0.1) is 24.7 Å². The third-order valence-corrected chi connectivity index (χ3v) is 4.50. The first-order valence-electron chi connectivity index (χ1n) is 8.99. The number of hydrogen-bond donors (Lipinski definition) is 1. The molecule has 0 saturated carbocycles. The van der Waals surface area contributed by atoms with Crippen molar-refractivity contribution in [3.05, 3.63) is 54.9 Å². The van der Waals surface area contributed by atoms with E-state index < -0.39 is 0 Å². The third-order valence-electron chi connectivity index (χ3n) is 3.65. The minimum Gasteiger partial charge on any atom is -0.490 e. The van der Waals surface area contributed by atoms with Gasteiger partial charge in [-0.2, -0.15) is 0 Å². The van der Waals surface area contributed by atoms with E-state index in [1.54, 1.807) is 29.2 Å². The molecule has 3 aromatic rings. The summed E-state index contributed by atoms with van der Waals surface area (Å²) < 4.78 is 12.8. The quantitative estimate of drug-likeness (QED) is 0.553. The number of nitrogens with zero attached hydrogens (tertiary/aromatic N) is 3. The minimum atomic E-state index is -0.146. The fourth-order valence-electron chi connectivity index (χ4n) is 2.48. The largest absolute Gasteiger partial charge is 0.490 e. The molecular weight excluding hydrogens is 376 g/mol. The van der Waals surface area contributed by atoms with Crippen molar-refractivity contribution in [1.82, 2.24) is 14.8 Å². The molecule has 8 heteroatoms. The van der Waals surface area contributed by atoms with E-state index in [-0.39, 0.29) is 11.7 Å². The predicted octanol–water partition coefficient (Wildman–Crippen LogP) is 3.80. The number of nitrogens with one attached hydrogen (secondary N) is 1. The molecule has 0 radical (unpaired) electrons. The second-order valence-electron chi connectivity index (χ2n) is 5.67. The van der Waals surface area contributed by atoms with Crippen LogP contribution in [0, 0.1) is 0 Å². The molecule has 1 heterocycles. The van der Waals surface area contributed by atoms with Crippen LogP contribution < -0.4 is 14.8 Å². The third kappa shape index (κ3) is 5.26. The maximum atomic E-state index is 12.3. The number of carbonyl (C=O) groups is 1. The highest BCUT2D eigenvalue weighted by Gasteiger charge is 2.10. The monoisotopic (exact) mass is 398 g/mol. The number of benzene rings is 2. The molecule has 1 N–H and O–H groups in total. The number of aromatic nitrogens is 3. The van der Waals surface area contributed by atoms with Gasteiger partial charge >= 0.3 is 0 Å². The molecule has 0 aliphatic heterocycles. The van der Waals surface area contributed by atoms with E-state index in [1.807, 2.05) is 44.2 Å². The van der Waals surface area contributed by atoms with Crippen LogP contribution in [0.5, 0.6) is 11.5 Å². The van der Waals surface area contributed by atoms with Crippen molar-refractivity contribution in [2.45, 2.75) is 19.0 Å². The summed E-state index contributed by atoms with van der Waals surface area (Å²) in [6.45, 7) is 4.88. The first-order valence-corrected chi connectivity index (χ1v) is 9.97. The Morgan fingerprint density at radius 3 is 2.57 bits per heavy atom. The summed E-state index contributed by atoms with van der Waals surface area (Å²) in [6.07, 6.45) is 1.64. The zero-order valence-electron chi connectivity index (χ0n) is 15.8. The number of thioether (sulfide) groups is 1. The van der Waals surface area contributed by atoms with Gasteiger partial charge in [-0.1, -0.05) is 30.0 Å². The molecule has 2 aromatic carbocycles. The smallest absolute Gasteiger partial charge is 0.234 e. The number of anilines is 1. The van der Waals surface area contributed by atoms with Crippen molar-refractivity contribution in [3.8, 4) is 17.2 Å². The lowest BCUT2D eigenvalue weighted by Gasteiger charge is -2.12. The van der Waals surface area contributed by atoms with Crippen LogP contribution in [0.25, 0.3) is 5.69 Å². The molecule has 0 atom stereocenters. The summed E-state index contributed by atoms with van der Waals surface area (Å²) in [5, 5.41) is 7.79. The lowest BCUT2D eigenvalue weighted by molar-refractivity contribution is -0.113. The van der Waals surface area contributed by atoms with Crippen LogP contribution in [0.2, 0.25) is 0 Å². The predicted molar refractivity (Wildman–Crippen MR) is 109 cm³/mol. The molecule has 0 fully saturated rings. The van der Waals surface area contributed by atoms with Gasteiger partial charge in [0.2, 0.25) is 11.1 Å². The first-order chi connectivity index (χ1) is 13.7. The van der Waals surface area contributed by atoms with Crippen LogP contribution in [0.3, 0.4) is 0 Å². The standard InChI is InChI=1S/C20H22N4O3S/c1-3-26-17-11-10-15(12-18(17)27-4-2)22-19(25)13-28-20-21-14-24(23-20)16-8-6-5-7-9-16/h5-12,14H,3-4,13H2,1-2H3,(H,22,25). The summed E-state index contributed by atoms with van der Waals surface area (Å²) in [6, 6.07) is 15.0. The highest BCUT2D eigenvalue weighted by Crippen LogP contribution is 2.30. The summed E-state index contributed by atoms with van der Waals surface area (Å²) >= 11 is 1.28. The number of rotatable bonds is 9. The van der Waals surface area contributed by atoms with Crippen LogP contribution in [0.4, 0.5) is 5.69 Å². The Labute approximate surface area is 168 Å². The molecule has 146 valence electrons.